The van der Waals surface area contributed by atoms with E-state index in [1.165, 1.54) is 23.8 Å². The van der Waals surface area contributed by atoms with Crippen LogP contribution in [0, 0.1) is 0 Å². The zero-order valence-electron chi connectivity index (χ0n) is 18.0. The first-order chi connectivity index (χ1) is 14.5. The summed E-state index contributed by atoms with van der Waals surface area (Å²) in [5.41, 5.74) is -0.262. The topological polar surface area (TPSA) is 134 Å². The fourth-order valence-electron chi connectivity index (χ4n) is 3.29. The van der Waals surface area contributed by atoms with Gasteiger partial charge in [0.25, 0.3) is 0 Å². The molecule has 3 rings (SSSR count). The van der Waals surface area contributed by atoms with Crippen molar-refractivity contribution in [3.05, 3.63) is 18.5 Å². The van der Waals surface area contributed by atoms with Gasteiger partial charge in [0.15, 0.2) is 11.5 Å². The second-order valence-corrected chi connectivity index (χ2v) is 9.76. The van der Waals surface area contributed by atoms with Crippen molar-refractivity contribution in [3.63, 3.8) is 0 Å². The van der Waals surface area contributed by atoms with E-state index in [2.05, 4.69) is 9.97 Å². The second-order valence-electron chi connectivity index (χ2n) is 8.09. The highest BCUT2D eigenvalue weighted by molar-refractivity contribution is 7.87. The van der Waals surface area contributed by atoms with Gasteiger partial charge in [0.05, 0.1) is 12.6 Å². The van der Waals surface area contributed by atoms with Crippen LogP contribution in [0.3, 0.4) is 0 Å². The van der Waals surface area contributed by atoms with Crippen LogP contribution in [0.1, 0.15) is 27.2 Å². The van der Waals surface area contributed by atoms with Gasteiger partial charge in [-0.1, -0.05) is 0 Å². The summed E-state index contributed by atoms with van der Waals surface area (Å²) < 4.78 is 38.7. The Bertz CT molecular complexity index is 1070. The van der Waals surface area contributed by atoms with Crippen LogP contribution >= 0.6 is 0 Å². The molecule has 1 aliphatic heterocycles. The molecule has 0 bridgehead atoms. The summed E-state index contributed by atoms with van der Waals surface area (Å²) in [5, 5.41) is 10.7. The van der Waals surface area contributed by atoms with Crippen LogP contribution in [0.5, 0.6) is 11.5 Å². The molecule has 0 unspecified atom stereocenters. The Balaban J connectivity index is 1.78. The molecule has 1 saturated heterocycles. The maximum absolute atomic E-state index is 12.6. The van der Waals surface area contributed by atoms with Gasteiger partial charge in [0.1, 0.15) is 17.7 Å². The Kier molecular flexibility index (Phi) is 6.41. The molecule has 1 aromatic carbocycles. The molecule has 11 nitrogen and oxygen atoms in total. The molecule has 1 amide bonds. The maximum Gasteiger partial charge on any atom is 0.422 e. The molecule has 2 aromatic rings. The third-order valence-electron chi connectivity index (χ3n) is 4.62. The summed E-state index contributed by atoms with van der Waals surface area (Å²) in [6.45, 7) is 6.26. The van der Waals surface area contributed by atoms with Gasteiger partial charge >= 0.3 is 16.3 Å². The molecular formula is C19H27N5O6S. The van der Waals surface area contributed by atoms with Crippen molar-refractivity contribution in [2.24, 2.45) is 0 Å². The van der Waals surface area contributed by atoms with Crippen LogP contribution in [-0.4, -0.2) is 72.8 Å². The number of aromatic hydroxyl groups is 1. The molecule has 0 spiro atoms. The average Bonchev–Trinajstić information content (AvgIpc) is 2.91. The zero-order valence-corrected chi connectivity index (χ0v) is 18.8. The van der Waals surface area contributed by atoms with Gasteiger partial charge in [-0.2, -0.15) is 12.7 Å². The van der Waals surface area contributed by atoms with Crippen molar-refractivity contribution in [2.45, 2.75) is 32.8 Å². The highest BCUT2D eigenvalue weighted by atomic mass is 32.2. The fraction of sp³-hybridized carbons (Fsp3) is 0.526. The zero-order chi connectivity index (χ0) is 22.8. The first kappa shape index (κ1) is 22.8. The van der Waals surface area contributed by atoms with Crippen molar-refractivity contribution in [1.29, 1.82) is 0 Å². The SMILES string of the molecule is COc1cc2c(N3CCCN(S(=O)(=O)NC(=O)OC(C)(C)C)CC3)ncnc2cc1O. The number of carbonyl (C=O) groups excluding carboxylic acids is 1. The number of amides is 1. The van der Waals surface area contributed by atoms with E-state index in [0.29, 0.717) is 42.0 Å². The van der Waals surface area contributed by atoms with Crippen molar-refractivity contribution >= 4 is 33.0 Å². The lowest BCUT2D eigenvalue weighted by Crippen LogP contribution is -2.46. The summed E-state index contributed by atoms with van der Waals surface area (Å²) in [6.07, 6.45) is 0.908. The number of ether oxygens (including phenoxy) is 2. The van der Waals surface area contributed by atoms with Crippen molar-refractivity contribution in [3.8, 4) is 11.5 Å². The number of rotatable bonds is 4. The Morgan fingerprint density at radius 3 is 2.58 bits per heavy atom. The highest BCUT2D eigenvalue weighted by Gasteiger charge is 2.29. The lowest BCUT2D eigenvalue weighted by atomic mass is 10.2. The monoisotopic (exact) mass is 453 g/mol. The molecule has 0 atom stereocenters. The summed E-state index contributed by atoms with van der Waals surface area (Å²) in [7, 11) is -2.59. The smallest absolute Gasteiger partial charge is 0.422 e. The maximum atomic E-state index is 12.6. The van der Waals surface area contributed by atoms with Crippen LogP contribution in [0.4, 0.5) is 10.6 Å². The molecule has 31 heavy (non-hydrogen) atoms. The molecule has 1 fully saturated rings. The fourth-order valence-corrected chi connectivity index (χ4v) is 4.36. The lowest BCUT2D eigenvalue weighted by molar-refractivity contribution is 0.0567. The van der Waals surface area contributed by atoms with Gasteiger partial charge in [0.2, 0.25) is 0 Å². The summed E-state index contributed by atoms with van der Waals surface area (Å²) >= 11 is 0. The quantitative estimate of drug-likeness (QED) is 0.708. The average molecular weight is 454 g/mol. The van der Waals surface area contributed by atoms with E-state index in [4.69, 9.17) is 9.47 Å². The van der Waals surface area contributed by atoms with Crippen LogP contribution < -0.4 is 14.4 Å². The third kappa shape index (κ3) is 5.44. The number of phenolic OH excluding ortho intramolecular Hbond substituents is 1. The molecule has 2 N–H and O–H groups in total. The standard InChI is InChI=1S/C19H27N5O6S/c1-19(2,3)30-18(26)22-31(27,28)24-7-5-6-23(8-9-24)17-13-10-16(29-4)15(25)11-14(13)20-12-21-17/h10-12,25H,5-9H2,1-4H3,(H,22,26). The predicted molar refractivity (Wildman–Crippen MR) is 114 cm³/mol. The van der Waals surface area contributed by atoms with Gasteiger partial charge in [-0.15, -0.1) is 0 Å². The van der Waals surface area contributed by atoms with E-state index in [9.17, 15) is 18.3 Å². The normalized spacial score (nSPS) is 16.1. The van der Waals surface area contributed by atoms with Crippen molar-refractivity contribution < 1.29 is 27.8 Å². The number of carbonyl (C=O) groups is 1. The third-order valence-corrected chi connectivity index (χ3v) is 6.09. The van der Waals surface area contributed by atoms with E-state index >= 15 is 0 Å². The van der Waals surface area contributed by atoms with E-state index < -0.39 is 21.9 Å². The van der Waals surface area contributed by atoms with Gasteiger partial charge in [-0.05, 0) is 33.3 Å². The number of phenols is 1. The lowest BCUT2D eigenvalue weighted by Gasteiger charge is -2.24. The molecule has 170 valence electrons. The van der Waals surface area contributed by atoms with Crippen LogP contribution in [0.2, 0.25) is 0 Å². The number of anilines is 1. The number of hydrogen-bond acceptors (Lipinski definition) is 9. The number of fused-ring (bicyclic) bond motifs is 1. The number of nitrogens with zero attached hydrogens (tertiary/aromatic N) is 4. The molecular weight excluding hydrogens is 426 g/mol. The molecule has 1 aromatic heterocycles. The minimum absolute atomic E-state index is 0.0268. The first-order valence-electron chi connectivity index (χ1n) is 9.78. The summed E-state index contributed by atoms with van der Waals surface area (Å²) in [5.74, 6) is 0.882. The first-order valence-corrected chi connectivity index (χ1v) is 11.2. The summed E-state index contributed by atoms with van der Waals surface area (Å²) in [4.78, 5) is 22.4. The molecule has 0 aliphatic carbocycles. The number of aromatic nitrogens is 2. The van der Waals surface area contributed by atoms with Crippen molar-refractivity contribution in [2.75, 3.05) is 38.2 Å². The molecule has 0 radical (unpaired) electrons. The van der Waals surface area contributed by atoms with Crippen LogP contribution in [-0.2, 0) is 14.9 Å². The van der Waals surface area contributed by atoms with Crippen molar-refractivity contribution in [1.82, 2.24) is 19.0 Å². The Labute approximate surface area is 181 Å². The van der Waals surface area contributed by atoms with Crippen LogP contribution in [0.15, 0.2) is 18.5 Å². The Hall–Kier alpha value is -2.86. The molecule has 2 heterocycles. The Morgan fingerprint density at radius 2 is 1.90 bits per heavy atom. The number of methoxy groups -OCH3 is 1. The highest BCUT2D eigenvalue weighted by Crippen LogP contribution is 2.34. The number of benzene rings is 1. The number of hydrogen-bond donors (Lipinski definition) is 2. The molecule has 1 aliphatic rings. The van der Waals surface area contributed by atoms with E-state index in [1.807, 2.05) is 9.62 Å². The van der Waals surface area contributed by atoms with Gasteiger partial charge < -0.3 is 19.5 Å². The minimum Gasteiger partial charge on any atom is -0.504 e. The second kappa shape index (κ2) is 8.71. The van der Waals surface area contributed by atoms with E-state index in [-0.39, 0.29) is 18.8 Å². The molecule has 12 heteroatoms. The van der Waals surface area contributed by atoms with Gasteiger partial charge in [0, 0.05) is 37.6 Å². The minimum atomic E-state index is -4.05. The van der Waals surface area contributed by atoms with Gasteiger partial charge in [-0.25, -0.2) is 19.5 Å². The van der Waals surface area contributed by atoms with Gasteiger partial charge in [-0.3, -0.25) is 0 Å². The van der Waals surface area contributed by atoms with E-state index in [1.54, 1.807) is 26.8 Å². The molecule has 0 saturated carbocycles. The number of nitrogens with one attached hydrogen (secondary N) is 1. The Morgan fingerprint density at radius 1 is 1.16 bits per heavy atom. The predicted octanol–water partition coefficient (Wildman–Crippen LogP) is 1.63. The van der Waals surface area contributed by atoms with Crippen LogP contribution in [0.25, 0.3) is 10.9 Å². The summed E-state index contributed by atoms with van der Waals surface area (Å²) in [6, 6.07) is 3.15. The van der Waals surface area contributed by atoms with E-state index in [0.717, 1.165) is 0 Å². The largest absolute Gasteiger partial charge is 0.504 e.